The van der Waals surface area contributed by atoms with Crippen LogP contribution in [0.3, 0.4) is 0 Å². The molecule has 2 aromatic heterocycles. The molecule has 0 bridgehead atoms. The fourth-order valence-electron chi connectivity index (χ4n) is 4.60. The maximum atomic E-state index is 13.6. The van der Waals surface area contributed by atoms with Crippen molar-refractivity contribution >= 4 is 17.6 Å². The van der Waals surface area contributed by atoms with Gasteiger partial charge in [-0.3, -0.25) is 14.4 Å². The van der Waals surface area contributed by atoms with E-state index in [4.69, 9.17) is 9.47 Å². The monoisotopic (exact) mass is 579 g/mol. The number of ether oxygens (including phenoxy) is 2. The number of carbonyl (C=O) groups excluding carboxylic acids is 2. The molecule has 0 unspecified atom stereocenters. The number of amides is 2. The second-order valence-corrected chi connectivity index (χ2v) is 11.1. The summed E-state index contributed by atoms with van der Waals surface area (Å²) in [6.07, 6.45) is 0.429. The molecule has 42 heavy (non-hydrogen) atoms. The van der Waals surface area contributed by atoms with Crippen LogP contribution in [0.1, 0.15) is 54.0 Å². The lowest BCUT2D eigenvalue weighted by molar-refractivity contribution is 0.0400. The first-order valence-corrected chi connectivity index (χ1v) is 14.0. The van der Waals surface area contributed by atoms with Crippen LogP contribution >= 0.6 is 0 Å². The second kappa shape index (κ2) is 13.2. The Morgan fingerprint density at radius 1 is 1.10 bits per heavy atom. The zero-order chi connectivity index (χ0) is 30.6. The number of benzene rings is 1. The average molecular weight is 580 g/mol. The number of likely N-dealkylation sites (tertiary alicyclic amines) is 1. The van der Waals surface area contributed by atoms with Crippen molar-refractivity contribution in [1.29, 1.82) is 0 Å². The van der Waals surface area contributed by atoms with Gasteiger partial charge in [0.05, 0.1) is 31.9 Å². The highest BCUT2D eigenvalue weighted by Gasteiger charge is 2.32. The number of halogens is 1. The summed E-state index contributed by atoms with van der Waals surface area (Å²) in [7, 11) is 3.10. The van der Waals surface area contributed by atoms with Gasteiger partial charge in [0.25, 0.3) is 17.4 Å². The molecule has 3 aromatic rings. The van der Waals surface area contributed by atoms with Crippen LogP contribution in [-0.4, -0.2) is 65.3 Å². The molecule has 2 amide bonds. The van der Waals surface area contributed by atoms with Crippen molar-refractivity contribution in [2.45, 2.75) is 46.5 Å². The van der Waals surface area contributed by atoms with E-state index in [2.05, 4.69) is 29.5 Å². The van der Waals surface area contributed by atoms with Gasteiger partial charge in [-0.1, -0.05) is 13.8 Å². The van der Waals surface area contributed by atoms with Crippen LogP contribution in [0.4, 0.5) is 10.2 Å². The summed E-state index contributed by atoms with van der Waals surface area (Å²) < 4.78 is 26.1. The molecule has 10 nitrogen and oxygen atoms in total. The van der Waals surface area contributed by atoms with E-state index in [1.165, 1.54) is 16.6 Å². The van der Waals surface area contributed by atoms with Crippen LogP contribution < -0.4 is 25.7 Å². The summed E-state index contributed by atoms with van der Waals surface area (Å²) in [6.45, 7) is 9.22. The predicted octanol–water partition coefficient (Wildman–Crippen LogP) is 4.03. The van der Waals surface area contributed by atoms with Gasteiger partial charge in [-0.25, -0.2) is 4.39 Å². The third kappa shape index (κ3) is 7.33. The minimum Gasteiger partial charge on any atom is -0.497 e. The molecule has 0 spiro atoms. The number of aromatic nitrogens is 2. The quantitative estimate of drug-likeness (QED) is 0.353. The largest absolute Gasteiger partial charge is 0.497 e. The van der Waals surface area contributed by atoms with E-state index in [-0.39, 0.29) is 42.4 Å². The molecule has 1 fully saturated rings. The standard InChI is InChI=1S/C31H38FN5O5/c1-18(2)13-33-14-20-9-26(30(39)36(5)15-20)29(38)35-27-10-21(11-28(34-27)42-19(3)4)24-8-7-23(41-6)12-25(24)31(40)37-16-22(32)17-37/h7-12,15,18-19,22,33H,13-14,16-17H2,1-6H3,(H,34,35,38). The van der Waals surface area contributed by atoms with E-state index in [0.717, 1.165) is 12.1 Å². The summed E-state index contributed by atoms with van der Waals surface area (Å²) >= 11 is 0. The number of anilines is 1. The van der Waals surface area contributed by atoms with Crippen LogP contribution in [0.5, 0.6) is 11.6 Å². The number of rotatable bonds is 11. The highest BCUT2D eigenvalue weighted by Crippen LogP contribution is 2.33. The fourth-order valence-corrected chi connectivity index (χ4v) is 4.60. The third-order valence-electron chi connectivity index (χ3n) is 6.66. The molecule has 1 aliphatic rings. The highest BCUT2D eigenvalue weighted by atomic mass is 19.1. The Bertz CT molecular complexity index is 1510. The minimum atomic E-state index is -1.05. The number of nitrogens with zero attached hydrogens (tertiary/aromatic N) is 3. The number of hydrogen-bond acceptors (Lipinski definition) is 7. The number of methoxy groups -OCH3 is 1. The molecule has 0 radical (unpaired) electrons. The molecule has 0 aliphatic carbocycles. The van der Waals surface area contributed by atoms with Crippen LogP contribution in [-0.2, 0) is 13.6 Å². The van der Waals surface area contributed by atoms with Crippen molar-refractivity contribution in [3.05, 3.63) is 69.6 Å². The molecular weight excluding hydrogens is 541 g/mol. The van der Waals surface area contributed by atoms with Crippen LogP contribution in [0.2, 0.25) is 0 Å². The first kappa shape index (κ1) is 30.7. The van der Waals surface area contributed by atoms with E-state index < -0.39 is 17.6 Å². The molecule has 2 N–H and O–H groups in total. The second-order valence-electron chi connectivity index (χ2n) is 11.1. The minimum absolute atomic E-state index is 0.0237. The van der Waals surface area contributed by atoms with E-state index >= 15 is 0 Å². The van der Waals surface area contributed by atoms with Crippen LogP contribution in [0, 0.1) is 5.92 Å². The van der Waals surface area contributed by atoms with Crippen molar-refractivity contribution in [3.63, 3.8) is 0 Å². The maximum absolute atomic E-state index is 13.6. The number of aryl methyl sites for hydroxylation is 1. The average Bonchev–Trinajstić information content (AvgIpc) is 2.91. The summed E-state index contributed by atoms with van der Waals surface area (Å²) in [6, 6.07) is 9.89. The van der Waals surface area contributed by atoms with Crippen LogP contribution in [0.15, 0.2) is 47.4 Å². The van der Waals surface area contributed by atoms with Gasteiger partial charge in [0, 0.05) is 25.9 Å². The van der Waals surface area contributed by atoms with Crippen molar-refractivity contribution in [2.24, 2.45) is 13.0 Å². The first-order valence-electron chi connectivity index (χ1n) is 14.0. The Balaban J connectivity index is 1.70. The van der Waals surface area contributed by atoms with Gasteiger partial charge in [-0.2, -0.15) is 4.98 Å². The smallest absolute Gasteiger partial charge is 0.263 e. The SMILES string of the molecule is COc1ccc(-c2cc(NC(=O)c3cc(CNCC(C)C)cn(C)c3=O)nc(OC(C)C)c2)c(C(=O)N2CC(F)C2)c1. The van der Waals surface area contributed by atoms with Gasteiger partial charge < -0.3 is 29.6 Å². The Morgan fingerprint density at radius 3 is 2.48 bits per heavy atom. The molecule has 1 saturated heterocycles. The maximum Gasteiger partial charge on any atom is 0.263 e. The van der Waals surface area contributed by atoms with Gasteiger partial charge in [-0.15, -0.1) is 0 Å². The van der Waals surface area contributed by atoms with E-state index in [1.54, 1.807) is 49.6 Å². The number of hydrogen-bond donors (Lipinski definition) is 2. The van der Waals surface area contributed by atoms with E-state index in [9.17, 15) is 18.8 Å². The number of pyridine rings is 2. The number of nitrogens with one attached hydrogen (secondary N) is 2. The van der Waals surface area contributed by atoms with Gasteiger partial charge in [0.1, 0.15) is 23.3 Å². The predicted molar refractivity (Wildman–Crippen MR) is 159 cm³/mol. The van der Waals surface area contributed by atoms with Crippen molar-refractivity contribution < 1.29 is 23.5 Å². The van der Waals surface area contributed by atoms with Gasteiger partial charge in [0.2, 0.25) is 5.88 Å². The fraction of sp³-hybridized carbons (Fsp3) is 0.419. The molecular formula is C31H38FN5O5. The Labute approximate surface area is 244 Å². The summed E-state index contributed by atoms with van der Waals surface area (Å²) in [4.78, 5) is 45.5. The van der Waals surface area contributed by atoms with Crippen molar-refractivity contribution in [1.82, 2.24) is 19.8 Å². The van der Waals surface area contributed by atoms with Gasteiger partial charge in [0.15, 0.2) is 0 Å². The normalized spacial score (nSPS) is 13.3. The molecule has 0 saturated carbocycles. The lowest BCUT2D eigenvalue weighted by atomic mass is 9.97. The van der Waals surface area contributed by atoms with E-state index in [0.29, 0.717) is 34.9 Å². The molecule has 1 aliphatic heterocycles. The summed E-state index contributed by atoms with van der Waals surface area (Å²) in [5.74, 6) is 0.327. The van der Waals surface area contributed by atoms with Crippen molar-refractivity contribution in [3.8, 4) is 22.8 Å². The Kier molecular flexibility index (Phi) is 9.62. The topological polar surface area (TPSA) is 115 Å². The molecule has 11 heteroatoms. The van der Waals surface area contributed by atoms with Crippen LogP contribution in [0.25, 0.3) is 11.1 Å². The molecule has 0 atom stereocenters. The first-order chi connectivity index (χ1) is 19.9. The number of alkyl halides is 1. The van der Waals surface area contributed by atoms with E-state index in [1.807, 2.05) is 13.8 Å². The number of carbonyl (C=O) groups is 2. The third-order valence-corrected chi connectivity index (χ3v) is 6.66. The molecule has 1 aromatic carbocycles. The molecule has 4 rings (SSSR count). The Hall–Kier alpha value is -4.25. The zero-order valence-corrected chi connectivity index (χ0v) is 24.9. The zero-order valence-electron chi connectivity index (χ0n) is 24.9. The van der Waals surface area contributed by atoms with Crippen molar-refractivity contribution in [2.75, 3.05) is 32.1 Å². The Morgan fingerprint density at radius 2 is 1.83 bits per heavy atom. The van der Waals surface area contributed by atoms with Gasteiger partial charge >= 0.3 is 0 Å². The lowest BCUT2D eigenvalue weighted by Gasteiger charge is -2.34. The molecule has 224 valence electrons. The van der Waals surface area contributed by atoms with Gasteiger partial charge in [-0.05, 0) is 73.3 Å². The summed E-state index contributed by atoms with van der Waals surface area (Å²) in [5.41, 5.74) is 1.70. The lowest BCUT2D eigenvalue weighted by Crippen LogP contribution is -2.51. The molecule has 3 heterocycles. The summed E-state index contributed by atoms with van der Waals surface area (Å²) in [5, 5.41) is 6.06. The highest BCUT2D eigenvalue weighted by molar-refractivity contribution is 6.05.